The number of carbonyl (C=O) groups is 2. The largest absolute Gasteiger partial charge is 0.366 e. The maximum absolute atomic E-state index is 13.9. The molecule has 0 bridgehead atoms. The third kappa shape index (κ3) is 3.51. The third-order valence-corrected chi connectivity index (χ3v) is 4.84. The summed E-state index contributed by atoms with van der Waals surface area (Å²) in [7, 11) is 0. The molecule has 3 aromatic rings. The van der Waals surface area contributed by atoms with Crippen LogP contribution in [-0.2, 0) is 9.59 Å². The van der Waals surface area contributed by atoms with Crippen molar-refractivity contribution >= 4 is 34.1 Å². The first kappa shape index (κ1) is 17.9. The van der Waals surface area contributed by atoms with Crippen LogP contribution in [0.15, 0.2) is 60.8 Å². The van der Waals surface area contributed by atoms with Crippen LogP contribution >= 0.6 is 0 Å². The second kappa shape index (κ2) is 7.64. The summed E-state index contributed by atoms with van der Waals surface area (Å²) in [6.07, 6.45) is 1.64. The number of rotatable bonds is 2. The summed E-state index contributed by atoms with van der Waals surface area (Å²) >= 11 is 0. The molecule has 142 valence electrons. The minimum Gasteiger partial charge on any atom is -0.366 e. The average Bonchev–Trinajstić information content (AvgIpc) is 2.74. The fraction of sp³-hybridized carbons (Fsp3) is 0.190. The van der Waals surface area contributed by atoms with E-state index in [4.69, 9.17) is 0 Å². The number of carbonyl (C=O) groups excluding carboxylic acids is 2. The number of anilines is 2. The molecule has 1 saturated heterocycles. The summed E-state index contributed by atoms with van der Waals surface area (Å²) in [5, 5.41) is 3.55. The van der Waals surface area contributed by atoms with Crippen LogP contribution in [0.5, 0.6) is 0 Å². The number of hydrogen-bond donors (Lipinski definition) is 1. The zero-order valence-electron chi connectivity index (χ0n) is 15.1. The first-order valence-corrected chi connectivity index (χ1v) is 9.07. The molecule has 0 spiro atoms. The van der Waals surface area contributed by atoms with E-state index in [1.54, 1.807) is 36.5 Å². The molecule has 28 heavy (non-hydrogen) atoms. The number of para-hydroxylation sites is 2. The van der Waals surface area contributed by atoms with Gasteiger partial charge in [-0.1, -0.05) is 30.3 Å². The van der Waals surface area contributed by atoms with E-state index in [9.17, 15) is 14.0 Å². The number of fused-ring (bicyclic) bond motifs is 1. The van der Waals surface area contributed by atoms with Crippen molar-refractivity contribution in [2.45, 2.75) is 0 Å². The number of hydrogen-bond acceptors (Lipinski definition) is 4. The molecule has 2 heterocycles. The summed E-state index contributed by atoms with van der Waals surface area (Å²) in [6, 6.07) is 15.7. The second-order valence-electron chi connectivity index (χ2n) is 6.57. The highest BCUT2D eigenvalue weighted by Crippen LogP contribution is 2.22. The summed E-state index contributed by atoms with van der Waals surface area (Å²) in [5.74, 6) is -1.58. The molecule has 1 fully saturated rings. The van der Waals surface area contributed by atoms with E-state index in [1.807, 2.05) is 23.1 Å². The number of amides is 2. The lowest BCUT2D eigenvalue weighted by Crippen LogP contribution is -2.51. The Bertz CT molecular complexity index is 1030. The molecule has 4 rings (SSSR count). The lowest BCUT2D eigenvalue weighted by Gasteiger charge is -2.35. The molecular formula is C21H19FN4O2. The Morgan fingerprint density at radius 1 is 0.929 bits per heavy atom. The lowest BCUT2D eigenvalue weighted by molar-refractivity contribution is -0.143. The van der Waals surface area contributed by atoms with Gasteiger partial charge in [0, 0.05) is 37.8 Å². The van der Waals surface area contributed by atoms with Crippen molar-refractivity contribution in [3.8, 4) is 0 Å². The van der Waals surface area contributed by atoms with E-state index in [1.165, 1.54) is 11.0 Å². The molecule has 2 aromatic carbocycles. The number of benzene rings is 2. The van der Waals surface area contributed by atoms with Crippen LogP contribution in [0.3, 0.4) is 0 Å². The number of aromatic nitrogens is 1. The Morgan fingerprint density at radius 2 is 1.68 bits per heavy atom. The second-order valence-corrected chi connectivity index (χ2v) is 6.57. The SMILES string of the molecule is O=C(Nc1cccc2cccnc12)C(=O)N1CCN(c2ccccc2F)CC1. The number of piperazine rings is 1. The zero-order chi connectivity index (χ0) is 19.5. The predicted octanol–water partition coefficient (Wildman–Crippen LogP) is 2.66. The van der Waals surface area contributed by atoms with Gasteiger partial charge in [0.1, 0.15) is 5.82 Å². The predicted molar refractivity (Wildman–Crippen MR) is 106 cm³/mol. The number of pyridine rings is 1. The van der Waals surface area contributed by atoms with Crippen molar-refractivity contribution in [3.63, 3.8) is 0 Å². The summed E-state index contributed by atoms with van der Waals surface area (Å²) in [4.78, 5) is 32.7. The van der Waals surface area contributed by atoms with Gasteiger partial charge >= 0.3 is 11.8 Å². The van der Waals surface area contributed by atoms with Crippen LogP contribution in [0.2, 0.25) is 0 Å². The first-order chi connectivity index (χ1) is 13.6. The van der Waals surface area contributed by atoms with Gasteiger partial charge in [0.05, 0.1) is 16.9 Å². The normalized spacial score (nSPS) is 14.2. The van der Waals surface area contributed by atoms with Crippen LogP contribution in [0, 0.1) is 5.82 Å². The molecule has 6 nitrogen and oxygen atoms in total. The van der Waals surface area contributed by atoms with E-state index in [0.717, 1.165) is 5.39 Å². The maximum Gasteiger partial charge on any atom is 0.313 e. The lowest BCUT2D eigenvalue weighted by atomic mass is 10.2. The molecule has 1 aliphatic rings. The highest BCUT2D eigenvalue weighted by Gasteiger charge is 2.27. The van der Waals surface area contributed by atoms with Gasteiger partial charge in [-0.3, -0.25) is 14.6 Å². The molecule has 0 unspecified atom stereocenters. The van der Waals surface area contributed by atoms with Crippen molar-refractivity contribution in [3.05, 3.63) is 66.6 Å². The first-order valence-electron chi connectivity index (χ1n) is 9.07. The van der Waals surface area contributed by atoms with Crippen LogP contribution in [0.25, 0.3) is 10.9 Å². The van der Waals surface area contributed by atoms with E-state index < -0.39 is 11.8 Å². The standard InChI is InChI=1S/C21H19FN4O2/c22-16-7-1-2-9-18(16)25-11-13-26(14-12-25)21(28)20(27)24-17-8-3-5-15-6-4-10-23-19(15)17/h1-10H,11-14H2,(H,24,27). The maximum atomic E-state index is 13.9. The van der Waals surface area contributed by atoms with E-state index in [-0.39, 0.29) is 5.82 Å². The fourth-order valence-corrected chi connectivity index (χ4v) is 3.38. The van der Waals surface area contributed by atoms with Gasteiger partial charge in [0.25, 0.3) is 0 Å². The summed E-state index contributed by atoms with van der Waals surface area (Å²) in [6.45, 7) is 1.65. The summed E-state index contributed by atoms with van der Waals surface area (Å²) < 4.78 is 13.9. The number of nitrogens with zero attached hydrogens (tertiary/aromatic N) is 3. The van der Waals surface area contributed by atoms with E-state index in [0.29, 0.717) is 43.1 Å². The molecular weight excluding hydrogens is 359 g/mol. The van der Waals surface area contributed by atoms with E-state index >= 15 is 0 Å². The van der Waals surface area contributed by atoms with Crippen LogP contribution < -0.4 is 10.2 Å². The van der Waals surface area contributed by atoms with Gasteiger partial charge < -0.3 is 15.1 Å². The Kier molecular flexibility index (Phi) is 4.89. The van der Waals surface area contributed by atoms with E-state index in [2.05, 4.69) is 10.3 Å². The van der Waals surface area contributed by atoms with Gasteiger partial charge in [-0.2, -0.15) is 0 Å². The smallest absolute Gasteiger partial charge is 0.313 e. The van der Waals surface area contributed by atoms with Crippen molar-refractivity contribution in [2.24, 2.45) is 0 Å². The monoisotopic (exact) mass is 378 g/mol. The Morgan fingerprint density at radius 3 is 2.46 bits per heavy atom. The molecule has 0 saturated carbocycles. The van der Waals surface area contributed by atoms with Gasteiger partial charge in [-0.05, 0) is 24.3 Å². The average molecular weight is 378 g/mol. The topological polar surface area (TPSA) is 65.5 Å². The van der Waals surface area contributed by atoms with Crippen molar-refractivity contribution in [1.82, 2.24) is 9.88 Å². The van der Waals surface area contributed by atoms with Crippen LogP contribution in [-0.4, -0.2) is 47.9 Å². The molecule has 0 aliphatic carbocycles. The third-order valence-electron chi connectivity index (χ3n) is 4.84. The number of halogens is 1. The Labute approximate surface area is 161 Å². The van der Waals surface area contributed by atoms with Crippen molar-refractivity contribution in [1.29, 1.82) is 0 Å². The van der Waals surface area contributed by atoms with Crippen molar-refractivity contribution in [2.75, 3.05) is 36.4 Å². The molecule has 1 aromatic heterocycles. The van der Waals surface area contributed by atoms with Gasteiger partial charge in [-0.15, -0.1) is 0 Å². The molecule has 7 heteroatoms. The van der Waals surface area contributed by atoms with Crippen molar-refractivity contribution < 1.29 is 14.0 Å². The Hall–Kier alpha value is -3.48. The molecule has 1 N–H and O–H groups in total. The van der Waals surface area contributed by atoms with Gasteiger partial charge in [0.2, 0.25) is 0 Å². The summed E-state index contributed by atoms with van der Waals surface area (Å²) in [5.41, 5.74) is 1.65. The van der Waals surface area contributed by atoms with Gasteiger partial charge in [-0.25, -0.2) is 4.39 Å². The minimum absolute atomic E-state index is 0.288. The van der Waals surface area contributed by atoms with Crippen LogP contribution in [0.1, 0.15) is 0 Å². The highest BCUT2D eigenvalue weighted by molar-refractivity contribution is 6.40. The Balaban J connectivity index is 1.41. The molecule has 0 radical (unpaired) electrons. The molecule has 1 aliphatic heterocycles. The van der Waals surface area contributed by atoms with Crippen LogP contribution in [0.4, 0.5) is 15.8 Å². The molecule has 0 atom stereocenters. The van der Waals surface area contributed by atoms with Gasteiger partial charge in [0.15, 0.2) is 0 Å². The minimum atomic E-state index is -0.697. The number of nitrogens with one attached hydrogen (secondary N) is 1. The highest BCUT2D eigenvalue weighted by atomic mass is 19.1. The fourth-order valence-electron chi connectivity index (χ4n) is 3.38. The quantitative estimate of drug-likeness (QED) is 0.697. The zero-order valence-corrected chi connectivity index (χ0v) is 15.1. The molecule has 2 amide bonds.